The summed E-state index contributed by atoms with van der Waals surface area (Å²) in [5.41, 5.74) is 5.76. The monoisotopic (exact) mass is 393 g/mol. The van der Waals surface area contributed by atoms with E-state index in [1.807, 2.05) is 54.6 Å². The average Bonchev–Trinajstić information content (AvgIpc) is 2.73. The highest BCUT2D eigenvalue weighted by Gasteiger charge is 1.98. The summed E-state index contributed by atoms with van der Waals surface area (Å²) < 4.78 is 18.6. The number of hydrazone groups is 1. The summed E-state index contributed by atoms with van der Waals surface area (Å²) in [7, 11) is 0. The smallest absolute Gasteiger partial charge is 0.187 e. The molecule has 0 aliphatic heterocycles. The summed E-state index contributed by atoms with van der Waals surface area (Å²) in [6, 6.07) is 23.8. The number of benzene rings is 3. The van der Waals surface area contributed by atoms with Crippen molar-refractivity contribution < 1.29 is 9.13 Å². The van der Waals surface area contributed by atoms with Crippen LogP contribution in [0.3, 0.4) is 0 Å². The first-order valence-electron chi connectivity index (χ1n) is 8.77. The SMILES string of the molecule is Fc1ccc(COc2ccc(/C=N\NC(=S)NCc3ccccc3)cc2)cc1. The molecule has 0 bridgehead atoms. The highest BCUT2D eigenvalue weighted by Crippen LogP contribution is 2.13. The predicted octanol–water partition coefficient (Wildman–Crippen LogP) is 4.40. The third-order valence-electron chi connectivity index (χ3n) is 3.87. The van der Waals surface area contributed by atoms with Crippen LogP contribution in [0.2, 0.25) is 0 Å². The van der Waals surface area contributed by atoms with Crippen LogP contribution in [-0.4, -0.2) is 11.3 Å². The van der Waals surface area contributed by atoms with Gasteiger partial charge in [-0.1, -0.05) is 42.5 Å². The van der Waals surface area contributed by atoms with Crippen molar-refractivity contribution in [2.75, 3.05) is 0 Å². The second kappa shape index (κ2) is 10.2. The molecule has 6 heteroatoms. The Morgan fingerprint density at radius 1 is 0.929 bits per heavy atom. The van der Waals surface area contributed by atoms with Crippen molar-refractivity contribution in [3.63, 3.8) is 0 Å². The molecular weight excluding hydrogens is 373 g/mol. The van der Waals surface area contributed by atoms with E-state index in [-0.39, 0.29) is 5.82 Å². The van der Waals surface area contributed by atoms with Gasteiger partial charge < -0.3 is 10.1 Å². The van der Waals surface area contributed by atoms with Gasteiger partial charge in [-0.3, -0.25) is 5.43 Å². The van der Waals surface area contributed by atoms with Gasteiger partial charge in [0.05, 0.1) is 6.21 Å². The van der Waals surface area contributed by atoms with Gasteiger partial charge in [0.25, 0.3) is 0 Å². The Labute approximate surface area is 169 Å². The molecular formula is C22H20FN3OS. The minimum absolute atomic E-state index is 0.254. The highest BCUT2D eigenvalue weighted by atomic mass is 32.1. The largest absolute Gasteiger partial charge is 0.489 e. The molecule has 0 aliphatic carbocycles. The fourth-order valence-corrected chi connectivity index (χ4v) is 2.51. The molecule has 3 aromatic carbocycles. The Hall–Kier alpha value is -3.25. The van der Waals surface area contributed by atoms with E-state index in [1.165, 1.54) is 12.1 Å². The van der Waals surface area contributed by atoms with Crippen molar-refractivity contribution in [1.82, 2.24) is 10.7 Å². The Morgan fingerprint density at radius 3 is 2.36 bits per heavy atom. The van der Waals surface area contributed by atoms with E-state index in [0.717, 1.165) is 22.4 Å². The average molecular weight is 393 g/mol. The van der Waals surface area contributed by atoms with Crippen molar-refractivity contribution in [2.24, 2.45) is 5.10 Å². The minimum Gasteiger partial charge on any atom is -0.489 e. The van der Waals surface area contributed by atoms with Crippen LogP contribution in [0.4, 0.5) is 4.39 Å². The summed E-state index contributed by atoms with van der Waals surface area (Å²) in [5, 5.41) is 7.68. The van der Waals surface area contributed by atoms with Crippen LogP contribution in [-0.2, 0) is 13.2 Å². The number of thiocarbonyl (C=S) groups is 1. The zero-order chi connectivity index (χ0) is 19.6. The molecule has 0 saturated carbocycles. The number of rotatable bonds is 7. The van der Waals surface area contributed by atoms with Gasteiger partial charge in [-0.25, -0.2) is 4.39 Å². The van der Waals surface area contributed by atoms with Crippen molar-refractivity contribution in [2.45, 2.75) is 13.2 Å². The number of nitrogens with zero attached hydrogens (tertiary/aromatic N) is 1. The first-order chi connectivity index (χ1) is 13.7. The standard InChI is InChI=1S/C22H20FN3OS/c23-20-10-6-19(7-11-20)16-27-21-12-8-18(9-13-21)15-25-26-22(28)24-14-17-4-2-1-3-5-17/h1-13,15H,14,16H2,(H2,24,26,28)/b25-15-. The molecule has 0 saturated heterocycles. The fourth-order valence-electron chi connectivity index (χ4n) is 2.38. The first kappa shape index (κ1) is 19.5. The molecule has 3 aromatic rings. The van der Waals surface area contributed by atoms with Gasteiger partial charge in [-0.15, -0.1) is 0 Å². The number of hydrogen-bond acceptors (Lipinski definition) is 3. The van der Waals surface area contributed by atoms with E-state index in [1.54, 1.807) is 18.3 Å². The van der Waals surface area contributed by atoms with E-state index in [2.05, 4.69) is 15.8 Å². The topological polar surface area (TPSA) is 45.6 Å². The van der Waals surface area contributed by atoms with Crippen LogP contribution in [0, 0.1) is 5.82 Å². The van der Waals surface area contributed by atoms with E-state index in [0.29, 0.717) is 18.3 Å². The summed E-state index contributed by atoms with van der Waals surface area (Å²) in [6.07, 6.45) is 1.68. The predicted molar refractivity (Wildman–Crippen MR) is 114 cm³/mol. The summed E-state index contributed by atoms with van der Waals surface area (Å²) in [5.74, 6) is 0.477. The number of hydrogen-bond donors (Lipinski definition) is 2. The summed E-state index contributed by atoms with van der Waals surface area (Å²) in [4.78, 5) is 0. The van der Waals surface area contributed by atoms with E-state index in [9.17, 15) is 4.39 Å². The van der Waals surface area contributed by atoms with Crippen LogP contribution >= 0.6 is 12.2 Å². The fraction of sp³-hybridized carbons (Fsp3) is 0.0909. The molecule has 28 heavy (non-hydrogen) atoms. The second-order valence-corrected chi connectivity index (χ2v) is 6.43. The first-order valence-corrected chi connectivity index (χ1v) is 9.18. The lowest BCUT2D eigenvalue weighted by Gasteiger charge is -2.07. The number of ether oxygens (including phenoxy) is 1. The Balaban J connectivity index is 1.41. The van der Waals surface area contributed by atoms with Crippen molar-refractivity contribution in [3.8, 4) is 5.75 Å². The molecule has 0 aliphatic rings. The van der Waals surface area contributed by atoms with Crippen LogP contribution in [0.5, 0.6) is 5.75 Å². The molecule has 0 radical (unpaired) electrons. The molecule has 0 heterocycles. The molecule has 0 aromatic heterocycles. The van der Waals surface area contributed by atoms with Gasteiger partial charge in [-0.05, 0) is 65.3 Å². The maximum absolute atomic E-state index is 12.9. The van der Waals surface area contributed by atoms with Crippen LogP contribution in [0.25, 0.3) is 0 Å². The van der Waals surface area contributed by atoms with Crippen LogP contribution in [0.15, 0.2) is 84.0 Å². The molecule has 0 spiro atoms. The van der Waals surface area contributed by atoms with Gasteiger partial charge in [0.2, 0.25) is 0 Å². The Morgan fingerprint density at radius 2 is 1.64 bits per heavy atom. The number of nitrogens with one attached hydrogen (secondary N) is 2. The zero-order valence-corrected chi connectivity index (χ0v) is 16.0. The van der Waals surface area contributed by atoms with Crippen molar-refractivity contribution in [1.29, 1.82) is 0 Å². The number of halogens is 1. The van der Waals surface area contributed by atoms with Crippen molar-refractivity contribution >= 4 is 23.5 Å². The van der Waals surface area contributed by atoms with E-state index >= 15 is 0 Å². The third kappa shape index (κ3) is 6.48. The maximum atomic E-state index is 12.9. The van der Waals surface area contributed by atoms with Gasteiger partial charge in [-0.2, -0.15) is 5.10 Å². The molecule has 0 unspecified atom stereocenters. The molecule has 0 amide bonds. The quantitative estimate of drug-likeness (QED) is 0.355. The molecule has 0 fully saturated rings. The van der Waals surface area contributed by atoms with Crippen molar-refractivity contribution in [3.05, 3.63) is 101 Å². The van der Waals surface area contributed by atoms with Gasteiger partial charge in [0.15, 0.2) is 5.11 Å². The van der Waals surface area contributed by atoms with Gasteiger partial charge in [0.1, 0.15) is 18.2 Å². The molecule has 4 nitrogen and oxygen atoms in total. The van der Waals surface area contributed by atoms with Crippen LogP contribution < -0.4 is 15.5 Å². The van der Waals surface area contributed by atoms with Crippen LogP contribution in [0.1, 0.15) is 16.7 Å². The third-order valence-corrected chi connectivity index (χ3v) is 4.11. The summed E-state index contributed by atoms with van der Waals surface area (Å²) in [6.45, 7) is 1.03. The lowest BCUT2D eigenvalue weighted by atomic mass is 10.2. The van der Waals surface area contributed by atoms with Gasteiger partial charge in [0, 0.05) is 6.54 Å². The zero-order valence-electron chi connectivity index (χ0n) is 15.1. The lowest BCUT2D eigenvalue weighted by molar-refractivity contribution is 0.306. The van der Waals surface area contributed by atoms with E-state index < -0.39 is 0 Å². The highest BCUT2D eigenvalue weighted by molar-refractivity contribution is 7.80. The summed E-state index contributed by atoms with van der Waals surface area (Å²) >= 11 is 5.20. The maximum Gasteiger partial charge on any atom is 0.187 e. The molecule has 3 rings (SSSR count). The Bertz CT molecular complexity index is 913. The molecule has 142 valence electrons. The lowest BCUT2D eigenvalue weighted by Crippen LogP contribution is -2.31. The second-order valence-electron chi connectivity index (χ2n) is 6.02. The van der Waals surface area contributed by atoms with E-state index in [4.69, 9.17) is 17.0 Å². The normalized spacial score (nSPS) is 10.6. The minimum atomic E-state index is -0.254. The van der Waals surface area contributed by atoms with Gasteiger partial charge >= 0.3 is 0 Å². The molecule has 2 N–H and O–H groups in total. The molecule has 0 atom stereocenters. The Kier molecular flexibility index (Phi) is 7.09.